The van der Waals surface area contributed by atoms with Gasteiger partial charge in [0.15, 0.2) is 6.20 Å². The fourth-order valence-corrected chi connectivity index (χ4v) is 7.37. The smallest absolute Gasteiger partial charge is 0.214 e. The molecule has 0 aliphatic rings. The largest absolute Gasteiger partial charge is 0.399 e. The predicted molar refractivity (Wildman–Crippen MR) is 219 cm³/mol. The Bertz CT molecular complexity index is 1820. The van der Waals surface area contributed by atoms with E-state index in [2.05, 4.69) is 119 Å². The van der Waals surface area contributed by atoms with Crippen LogP contribution in [0.2, 0.25) is 0 Å². The second kappa shape index (κ2) is 20.2. The molecule has 0 radical (unpaired) electrons. The Kier molecular flexibility index (Phi) is 15.5. The van der Waals surface area contributed by atoms with E-state index in [0.717, 1.165) is 71.4 Å². The number of nitrogens with zero attached hydrogens (tertiary/aromatic N) is 5. The van der Waals surface area contributed by atoms with Gasteiger partial charge < -0.3 is 26.6 Å². The van der Waals surface area contributed by atoms with Gasteiger partial charge in [-0.2, -0.15) is 9.68 Å². The minimum atomic E-state index is 0.802. The van der Waals surface area contributed by atoms with Crippen LogP contribution in [-0.2, 0) is 6.54 Å². The van der Waals surface area contributed by atoms with E-state index in [4.69, 9.17) is 11.5 Å². The maximum absolute atomic E-state index is 5.87. The number of azo groups is 1. The van der Waals surface area contributed by atoms with Gasteiger partial charge in [0, 0.05) is 73.6 Å². The van der Waals surface area contributed by atoms with Crippen molar-refractivity contribution in [2.45, 2.75) is 27.3 Å². The third-order valence-corrected chi connectivity index (χ3v) is 10.6. The molecule has 5 rings (SSSR count). The van der Waals surface area contributed by atoms with Crippen molar-refractivity contribution >= 4 is 72.3 Å². The van der Waals surface area contributed by atoms with Crippen LogP contribution in [-0.4, -0.2) is 45.2 Å². The number of rotatable bonds is 15. The highest BCUT2D eigenvalue weighted by Gasteiger charge is 2.10. The van der Waals surface area contributed by atoms with Gasteiger partial charge in [0.1, 0.15) is 17.9 Å². The summed E-state index contributed by atoms with van der Waals surface area (Å²) in [6.45, 7) is 10.2. The van der Waals surface area contributed by atoms with E-state index >= 15 is 0 Å². The van der Waals surface area contributed by atoms with E-state index < -0.39 is 0 Å². The average molecular weight is 709 g/mol. The molecule has 8 nitrogen and oxygen atoms in total. The van der Waals surface area contributed by atoms with Crippen LogP contribution < -0.4 is 31.2 Å². The van der Waals surface area contributed by atoms with Gasteiger partial charge in [0.05, 0.1) is 23.2 Å². The summed E-state index contributed by atoms with van der Waals surface area (Å²) in [4.78, 5) is 4.54. The fraction of sp³-hybridized carbons (Fsp3) is 0.275. The van der Waals surface area contributed by atoms with Crippen molar-refractivity contribution in [3.05, 3.63) is 121 Å². The summed E-state index contributed by atoms with van der Waals surface area (Å²) in [5.41, 5.74) is 20.9. The first-order valence-electron chi connectivity index (χ1n) is 17.1. The Morgan fingerprint density at radius 3 is 2.00 bits per heavy atom. The number of aromatic nitrogens is 1. The summed E-state index contributed by atoms with van der Waals surface area (Å²) >= 11 is 0. The van der Waals surface area contributed by atoms with E-state index in [1.54, 1.807) is 0 Å². The summed E-state index contributed by atoms with van der Waals surface area (Å²) in [7, 11) is 8.10. The zero-order chi connectivity index (χ0) is 35.7. The molecule has 0 saturated carbocycles. The van der Waals surface area contributed by atoms with Crippen LogP contribution in [0.4, 0.5) is 34.1 Å². The van der Waals surface area contributed by atoms with Crippen LogP contribution in [0.1, 0.15) is 26.3 Å². The number of allylic oxidation sites excluding steroid dienone is 1. The number of quaternary nitrogens is 1. The maximum Gasteiger partial charge on any atom is 0.214 e. The lowest BCUT2D eigenvalue weighted by atomic mass is 10.1. The minimum Gasteiger partial charge on any atom is -0.399 e. The number of benzene rings is 4. The SMILES string of the molecule is C/C=C(/N)c1ccccc1[NH2+]CC.CC[n+]1ccc(N=Nc2ccc(N(C)CCSSCCN(C)c3ccc(N)cc3)cc2)c2ccccc21. The third kappa shape index (κ3) is 11.3. The third-order valence-electron chi connectivity index (χ3n) is 8.25. The Morgan fingerprint density at radius 1 is 0.780 bits per heavy atom. The number of hydrogen-bond acceptors (Lipinski definition) is 8. The van der Waals surface area contributed by atoms with Crippen molar-refractivity contribution in [3.63, 3.8) is 0 Å². The number of aryl methyl sites for hydroxylation is 1. The van der Waals surface area contributed by atoms with E-state index in [9.17, 15) is 0 Å². The molecule has 0 unspecified atom stereocenters. The number of nitrogen functional groups attached to an aromatic ring is 1. The minimum absolute atomic E-state index is 0.802. The maximum atomic E-state index is 5.87. The van der Waals surface area contributed by atoms with Crippen LogP contribution in [0, 0.1) is 0 Å². The highest BCUT2D eigenvalue weighted by atomic mass is 33.1. The lowest BCUT2D eigenvalue weighted by molar-refractivity contribution is -0.667. The van der Waals surface area contributed by atoms with Crippen molar-refractivity contribution in [2.24, 2.45) is 16.0 Å². The van der Waals surface area contributed by atoms with Crippen LogP contribution in [0.15, 0.2) is 126 Å². The number of para-hydroxylation sites is 2. The van der Waals surface area contributed by atoms with Gasteiger partial charge in [0.2, 0.25) is 5.52 Å². The fourth-order valence-electron chi connectivity index (χ4n) is 5.29. The lowest BCUT2D eigenvalue weighted by Crippen LogP contribution is -2.77. The molecule has 0 atom stereocenters. The zero-order valence-electron chi connectivity index (χ0n) is 30.0. The Morgan fingerprint density at radius 2 is 1.38 bits per heavy atom. The molecule has 0 saturated heterocycles. The highest BCUT2D eigenvalue weighted by molar-refractivity contribution is 8.76. The molecule has 5 aromatic rings. The molecule has 6 N–H and O–H groups in total. The number of anilines is 3. The zero-order valence-corrected chi connectivity index (χ0v) is 31.6. The second-order valence-electron chi connectivity index (χ2n) is 11.7. The summed E-state index contributed by atoms with van der Waals surface area (Å²) in [6, 6.07) is 34.9. The summed E-state index contributed by atoms with van der Waals surface area (Å²) in [5, 5.41) is 12.3. The molecule has 50 heavy (non-hydrogen) atoms. The standard InChI is InChI=1S/C29H35N6S2.C11H16N2/c1-4-35-18-17-28(27-7-5-6-8-29(27)35)32-31-24-11-15-26(16-12-24)34(3)20-22-37-36-21-19-33(2)25-13-9-23(30)10-14-25;1-3-10(12)9-7-5-6-8-11(9)13-4-2/h5-18H,4,19-22,30H2,1-3H3;3,5-8,13H,4,12H2,1-2H3/q+1;/p+1/b;10-3+. The first-order chi connectivity index (χ1) is 24.3. The number of fused-ring (bicyclic) bond motifs is 1. The Labute approximate surface area is 306 Å². The van der Waals surface area contributed by atoms with Crippen molar-refractivity contribution in [3.8, 4) is 0 Å². The van der Waals surface area contributed by atoms with Gasteiger partial charge in [-0.05, 0) is 87.5 Å². The van der Waals surface area contributed by atoms with Gasteiger partial charge in [-0.25, -0.2) is 0 Å². The summed E-state index contributed by atoms with van der Waals surface area (Å²) < 4.78 is 2.22. The van der Waals surface area contributed by atoms with Gasteiger partial charge in [-0.3, -0.25) is 0 Å². The van der Waals surface area contributed by atoms with E-state index in [0.29, 0.717) is 0 Å². The number of pyridine rings is 1. The molecule has 0 bridgehead atoms. The van der Waals surface area contributed by atoms with Crippen LogP contribution in [0.25, 0.3) is 16.6 Å². The van der Waals surface area contributed by atoms with Crippen molar-refractivity contribution in [1.29, 1.82) is 0 Å². The van der Waals surface area contributed by atoms with E-state index in [1.807, 2.05) is 83.1 Å². The predicted octanol–water partition coefficient (Wildman–Crippen LogP) is 8.32. The van der Waals surface area contributed by atoms with Gasteiger partial charge in [-0.15, -0.1) is 5.11 Å². The van der Waals surface area contributed by atoms with Crippen molar-refractivity contribution in [1.82, 2.24) is 0 Å². The van der Waals surface area contributed by atoms with Gasteiger partial charge in [-0.1, -0.05) is 51.9 Å². The molecule has 10 heteroatoms. The van der Waals surface area contributed by atoms with Gasteiger partial charge in [0.25, 0.3) is 0 Å². The van der Waals surface area contributed by atoms with Crippen LogP contribution in [0.5, 0.6) is 0 Å². The molecule has 0 spiro atoms. The summed E-state index contributed by atoms with van der Waals surface area (Å²) in [5.74, 6) is 2.14. The Balaban J connectivity index is 0.000000363. The first-order valence-corrected chi connectivity index (χ1v) is 19.6. The molecule has 4 aromatic carbocycles. The van der Waals surface area contributed by atoms with Crippen molar-refractivity contribution in [2.75, 3.05) is 60.8 Å². The molecule has 0 aliphatic heterocycles. The topological polar surface area (TPSA) is 104 Å². The molecule has 1 aromatic heterocycles. The van der Waals surface area contributed by atoms with Crippen molar-refractivity contribution < 1.29 is 9.88 Å². The summed E-state index contributed by atoms with van der Waals surface area (Å²) in [6.07, 6.45) is 4.01. The normalized spacial score (nSPS) is 11.4. The van der Waals surface area contributed by atoms with Gasteiger partial charge >= 0.3 is 0 Å². The van der Waals surface area contributed by atoms with Crippen LogP contribution in [0.3, 0.4) is 0 Å². The molecular formula is C40H52N8S2+2. The molecule has 0 amide bonds. The first kappa shape index (κ1) is 38.3. The number of nitrogens with two attached hydrogens (primary N) is 3. The molecule has 0 fully saturated rings. The van der Waals surface area contributed by atoms with Crippen LogP contribution >= 0.6 is 21.6 Å². The molecule has 0 aliphatic carbocycles. The average Bonchev–Trinajstić information content (AvgIpc) is 3.15. The monoisotopic (exact) mass is 708 g/mol. The quantitative estimate of drug-likeness (QED) is 0.0332. The Hall–Kier alpha value is -4.51. The molecular weight excluding hydrogens is 657 g/mol. The second-order valence-corrected chi connectivity index (χ2v) is 14.4. The lowest BCUT2D eigenvalue weighted by Gasteiger charge is -2.20. The number of hydrogen-bond donors (Lipinski definition) is 3. The van der Waals surface area contributed by atoms with E-state index in [1.165, 1.54) is 22.6 Å². The molecule has 262 valence electrons. The molecule has 1 heterocycles. The van der Waals surface area contributed by atoms with E-state index in [-0.39, 0.29) is 0 Å². The highest BCUT2D eigenvalue weighted by Crippen LogP contribution is 2.27.